The molecule has 0 aliphatic heterocycles. The Morgan fingerprint density at radius 1 is 0.960 bits per heavy atom. The van der Waals surface area contributed by atoms with E-state index in [-0.39, 0.29) is 11.9 Å². The molecule has 0 fully saturated rings. The molecule has 0 aliphatic rings. The Labute approximate surface area is 147 Å². The Hall–Kier alpha value is -2.94. The van der Waals surface area contributed by atoms with Crippen molar-refractivity contribution in [2.45, 2.75) is 19.6 Å². The van der Waals surface area contributed by atoms with E-state index in [9.17, 15) is 4.39 Å². The van der Waals surface area contributed by atoms with Crippen LogP contribution in [0.4, 0.5) is 4.39 Å². The normalized spacial score (nSPS) is 12.2. The topological polar surface area (TPSA) is 21.6 Å². The Balaban J connectivity index is 1.58. The van der Waals surface area contributed by atoms with E-state index in [2.05, 4.69) is 4.99 Å². The van der Waals surface area contributed by atoms with Crippen LogP contribution >= 0.6 is 0 Å². The van der Waals surface area contributed by atoms with Crippen molar-refractivity contribution in [1.29, 1.82) is 0 Å². The second kappa shape index (κ2) is 8.25. The third-order valence-electron chi connectivity index (χ3n) is 3.91. The zero-order valence-corrected chi connectivity index (χ0v) is 14.1. The number of nitrogens with zero attached hydrogens (tertiary/aromatic N) is 1. The second-order valence-electron chi connectivity index (χ2n) is 5.85. The molecular weight excluding hydrogens is 313 g/mol. The van der Waals surface area contributed by atoms with Gasteiger partial charge in [-0.25, -0.2) is 4.39 Å². The molecule has 0 N–H and O–H groups in total. The number of benzene rings is 3. The van der Waals surface area contributed by atoms with E-state index in [1.165, 1.54) is 12.1 Å². The van der Waals surface area contributed by atoms with Crippen LogP contribution in [-0.4, -0.2) is 6.21 Å². The van der Waals surface area contributed by atoms with E-state index < -0.39 is 0 Å². The van der Waals surface area contributed by atoms with Crippen molar-refractivity contribution in [3.63, 3.8) is 0 Å². The van der Waals surface area contributed by atoms with Crippen LogP contribution in [0.5, 0.6) is 5.75 Å². The number of hydrogen-bond acceptors (Lipinski definition) is 2. The second-order valence-corrected chi connectivity index (χ2v) is 5.85. The minimum Gasteiger partial charge on any atom is -0.489 e. The molecule has 0 saturated carbocycles. The third kappa shape index (κ3) is 5.01. The first-order chi connectivity index (χ1) is 12.2. The SMILES string of the molecule is CC(/N=C\c1ccc(OCc2ccccc2)cc1)c1cccc(F)c1. The highest BCUT2D eigenvalue weighted by molar-refractivity contribution is 5.79. The third-order valence-corrected chi connectivity index (χ3v) is 3.91. The van der Waals surface area contributed by atoms with Crippen molar-refractivity contribution >= 4 is 6.21 Å². The Morgan fingerprint density at radius 2 is 1.72 bits per heavy atom. The summed E-state index contributed by atoms with van der Waals surface area (Å²) >= 11 is 0. The summed E-state index contributed by atoms with van der Waals surface area (Å²) in [5, 5.41) is 0. The van der Waals surface area contributed by atoms with Crippen LogP contribution in [0.1, 0.15) is 29.7 Å². The molecule has 3 aromatic carbocycles. The smallest absolute Gasteiger partial charge is 0.123 e. The average Bonchev–Trinajstić information content (AvgIpc) is 2.66. The van der Waals surface area contributed by atoms with Gasteiger partial charge in [0, 0.05) is 6.21 Å². The molecule has 1 unspecified atom stereocenters. The van der Waals surface area contributed by atoms with Gasteiger partial charge in [0.15, 0.2) is 0 Å². The highest BCUT2D eigenvalue weighted by atomic mass is 19.1. The fraction of sp³-hybridized carbons (Fsp3) is 0.136. The van der Waals surface area contributed by atoms with Gasteiger partial charge in [-0.15, -0.1) is 0 Å². The van der Waals surface area contributed by atoms with Gasteiger partial charge >= 0.3 is 0 Å². The predicted molar refractivity (Wildman–Crippen MR) is 99.6 cm³/mol. The lowest BCUT2D eigenvalue weighted by Crippen LogP contribution is -1.95. The summed E-state index contributed by atoms with van der Waals surface area (Å²) in [7, 11) is 0. The van der Waals surface area contributed by atoms with Crippen molar-refractivity contribution in [1.82, 2.24) is 0 Å². The molecule has 3 rings (SSSR count). The summed E-state index contributed by atoms with van der Waals surface area (Å²) in [5.74, 6) is 0.582. The van der Waals surface area contributed by atoms with Crippen LogP contribution in [0.25, 0.3) is 0 Å². The van der Waals surface area contributed by atoms with E-state index in [1.807, 2.05) is 67.6 Å². The maximum atomic E-state index is 13.3. The summed E-state index contributed by atoms with van der Waals surface area (Å²) in [6.07, 6.45) is 1.80. The average molecular weight is 333 g/mol. The molecule has 126 valence electrons. The summed E-state index contributed by atoms with van der Waals surface area (Å²) in [5.41, 5.74) is 2.98. The van der Waals surface area contributed by atoms with Gasteiger partial charge in [0.25, 0.3) is 0 Å². The van der Waals surface area contributed by atoms with Crippen LogP contribution in [0.15, 0.2) is 83.9 Å². The molecule has 0 aromatic heterocycles. The number of hydrogen-bond donors (Lipinski definition) is 0. The van der Waals surface area contributed by atoms with Gasteiger partial charge in [-0.2, -0.15) is 0 Å². The Kier molecular flexibility index (Phi) is 5.57. The highest BCUT2D eigenvalue weighted by Crippen LogP contribution is 2.18. The molecule has 0 saturated heterocycles. The first-order valence-corrected chi connectivity index (χ1v) is 8.26. The van der Waals surface area contributed by atoms with E-state index >= 15 is 0 Å². The first kappa shape index (κ1) is 16.9. The molecule has 1 atom stereocenters. The molecule has 2 nitrogen and oxygen atoms in total. The number of halogens is 1. The van der Waals surface area contributed by atoms with Gasteiger partial charge in [0.2, 0.25) is 0 Å². The number of aliphatic imine (C=N–C) groups is 1. The lowest BCUT2D eigenvalue weighted by atomic mass is 10.1. The largest absolute Gasteiger partial charge is 0.489 e. The van der Waals surface area contributed by atoms with Crippen LogP contribution in [-0.2, 0) is 6.61 Å². The molecule has 3 heteroatoms. The van der Waals surface area contributed by atoms with E-state index in [0.717, 1.165) is 22.4 Å². The standard InChI is InChI=1S/C22H20FNO/c1-17(20-8-5-9-21(23)14-20)24-15-18-10-12-22(13-11-18)25-16-19-6-3-2-4-7-19/h2-15,17H,16H2,1H3/b24-15-. The Morgan fingerprint density at radius 3 is 2.44 bits per heavy atom. The summed E-state index contributed by atoms with van der Waals surface area (Å²) in [4.78, 5) is 4.50. The van der Waals surface area contributed by atoms with Crippen LogP contribution < -0.4 is 4.74 Å². The zero-order valence-electron chi connectivity index (χ0n) is 14.1. The first-order valence-electron chi connectivity index (χ1n) is 8.26. The molecule has 3 aromatic rings. The van der Waals surface area contributed by atoms with Crippen LogP contribution in [0, 0.1) is 5.82 Å². The molecule has 0 heterocycles. The fourth-order valence-electron chi connectivity index (χ4n) is 2.44. The van der Waals surface area contributed by atoms with Gasteiger partial charge in [-0.3, -0.25) is 4.99 Å². The van der Waals surface area contributed by atoms with Gasteiger partial charge in [0.1, 0.15) is 18.2 Å². The van der Waals surface area contributed by atoms with Crippen LogP contribution in [0.2, 0.25) is 0 Å². The molecule has 0 amide bonds. The summed E-state index contributed by atoms with van der Waals surface area (Å²) < 4.78 is 19.0. The molecule has 0 bridgehead atoms. The van der Waals surface area contributed by atoms with Crippen molar-refractivity contribution in [2.24, 2.45) is 4.99 Å². The van der Waals surface area contributed by atoms with Crippen molar-refractivity contribution in [3.8, 4) is 5.75 Å². The molecule has 0 spiro atoms. The van der Waals surface area contributed by atoms with Gasteiger partial charge in [-0.1, -0.05) is 42.5 Å². The monoisotopic (exact) mass is 333 g/mol. The summed E-state index contributed by atoms with van der Waals surface area (Å²) in [6.45, 7) is 2.49. The molecular formula is C22H20FNO. The van der Waals surface area contributed by atoms with E-state index in [4.69, 9.17) is 4.74 Å². The number of rotatable bonds is 6. The highest BCUT2D eigenvalue weighted by Gasteiger charge is 2.03. The van der Waals surface area contributed by atoms with Crippen LogP contribution in [0.3, 0.4) is 0 Å². The zero-order chi connectivity index (χ0) is 17.5. The van der Waals surface area contributed by atoms with E-state index in [0.29, 0.717) is 6.61 Å². The minimum absolute atomic E-state index is 0.0929. The quantitative estimate of drug-likeness (QED) is 0.539. The lowest BCUT2D eigenvalue weighted by molar-refractivity contribution is 0.306. The van der Waals surface area contributed by atoms with Crippen molar-refractivity contribution < 1.29 is 9.13 Å². The molecule has 0 aliphatic carbocycles. The maximum absolute atomic E-state index is 13.3. The van der Waals surface area contributed by atoms with Gasteiger partial charge in [0.05, 0.1) is 6.04 Å². The maximum Gasteiger partial charge on any atom is 0.123 e. The lowest BCUT2D eigenvalue weighted by Gasteiger charge is -2.07. The molecule has 0 radical (unpaired) electrons. The van der Waals surface area contributed by atoms with Gasteiger partial charge < -0.3 is 4.74 Å². The minimum atomic E-state index is -0.237. The summed E-state index contributed by atoms with van der Waals surface area (Å²) in [6, 6.07) is 24.3. The van der Waals surface area contributed by atoms with Crippen molar-refractivity contribution in [3.05, 3.63) is 101 Å². The van der Waals surface area contributed by atoms with Gasteiger partial charge in [-0.05, 0) is 60.0 Å². The predicted octanol–water partition coefficient (Wildman–Crippen LogP) is 5.58. The number of ether oxygens (including phenoxy) is 1. The fourth-order valence-corrected chi connectivity index (χ4v) is 2.44. The van der Waals surface area contributed by atoms with E-state index in [1.54, 1.807) is 12.3 Å². The Bertz CT molecular complexity index is 828. The van der Waals surface area contributed by atoms with Crippen molar-refractivity contribution in [2.75, 3.05) is 0 Å². The molecule has 25 heavy (non-hydrogen) atoms.